The Morgan fingerprint density at radius 3 is 2.41 bits per heavy atom. The molecule has 96 valence electrons. The molecule has 17 heavy (non-hydrogen) atoms. The third-order valence-corrected chi connectivity index (χ3v) is 3.39. The highest BCUT2D eigenvalue weighted by atomic mass is 16.5. The first-order valence-electron chi connectivity index (χ1n) is 6.31. The number of ether oxygens (including phenoxy) is 1. The van der Waals surface area contributed by atoms with E-state index in [1.807, 2.05) is 0 Å². The largest absolute Gasteiger partial charge is 0.496 e. The number of methoxy groups -OCH3 is 1. The van der Waals surface area contributed by atoms with Gasteiger partial charge < -0.3 is 10.5 Å². The second kappa shape index (κ2) is 5.54. The molecule has 0 bridgehead atoms. The molecule has 2 nitrogen and oxygen atoms in total. The maximum Gasteiger partial charge on any atom is 0.122 e. The monoisotopic (exact) mass is 235 g/mol. The van der Waals surface area contributed by atoms with E-state index >= 15 is 0 Å². The predicted molar refractivity (Wildman–Crippen MR) is 73.8 cm³/mol. The third kappa shape index (κ3) is 3.22. The molecule has 0 aliphatic rings. The topological polar surface area (TPSA) is 35.2 Å². The summed E-state index contributed by atoms with van der Waals surface area (Å²) in [5.41, 5.74) is 8.37. The van der Waals surface area contributed by atoms with E-state index < -0.39 is 0 Å². The lowest BCUT2D eigenvalue weighted by molar-refractivity contribution is 0.386. The van der Waals surface area contributed by atoms with Gasteiger partial charge in [0.15, 0.2) is 0 Å². The van der Waals surface area contributed by atoms with Crippen molar-refractivity contribution < 1.29 is 4.74 Å². The number of hydrogen-bond acceptors (Lipinski definition) is 2. The van der Waals surface area contributed by atoms with Crippen LogP contribution in [0.1, 0.15) is 51.2 Å². The van der Waals surface area contributed by atoms with Gasteiger partial charge in [-0.25, -0.2) is 0 Å². The lowest BCUT2D eigenvalue weighted by Crippen LogP contribution is -2.22. The molecule has 2 N–H and O–H groups in total. The van der Waals surface area contributed by atoms with Gasteiger partial charge in [-0.3, -0.25) is 0 Å². The fourth-order valence-corrected chi connectivity index (χ4v) is 2.11. The van der Waals surface area contributed by atoms with Crippen LogP contribution in [0.2, 0.25) is 0 Å². The summed E-state index contributed by atoms with van der Waals surface area (Å²) in [7, 11) is 1.73. The van der Waals surface area contributed by atoms with Crippen LogP contribution in [0.25, 0.3) is 0 Å². The lowest BCUT2D eigenvalue weighted by Gasteiger charge is -2.27. The van der Waals surface area contributed by atoms with Crippen molar-refractivity contribution in [1.29, 1.82) is 0 Å². The van der Waals surface area contributed by atoms with Crippen LogP contribution in [-0.4, -0.2) is 13.7 Å². The minimum Gasteiger partial charge on any atom is -0.496 e. The summed E-state index contributed by atoms with van der Waals surface area (Å²) >= 11 is 0. The number of hydrogen-bond donors (Lipinski definition) is 1. The number of nitrogens with two attached hydrogens (primary N) is 1. The maximum absolute atomic E-state index is 5.70. The average Bonchev–Trinajstić information content (AvgIpc) is 2.28. The van der Waals surface area contributed by atoms with Crippen LogP contribution in [0.4, 0.5) is 0 Å². The molecule has 0 spiro atoms. The van der Waals surface area contributed by atoms with E-state index in [-0.39, 0.29) is 5.41 Å². The molecule has 0 heterocycles. The molecule has 0 saturated carbocycles. The molecule has 0 aliphatic heterocycles. The summed E-state index contributed by atoms with van der Waals surface area (Å²) in [5, 5.41) is 0. The average molecular weight is 235 g/mol. The highest BCUT2D eigenvalue weighted by Gasteiger charge is 2.24. The second-order valence-electron chi connectivity index (χ2n) is 5.54. The Labute approximate surface area is 105 Å². The third-order valence-electron chi connectivity index (χ3n) is 3.39. The molecule has 0 unspecified atom stereocenters. The van der Waals surface area contributed by atoms with E-state index in [9.17, 15) is 0 Å². The minimum atomic E-state index is 0.0605. The van der Waals surface area contributed by atoms with Gasteiger partial charge in [-0.15, -0.1) is 0 Å². The van der Waals surface area contributed by atoms with Gasteiger partial charge in [0.2, 0.25) is 0 Å². The molecule has 0 amide bonds. The van der Waals surface area contributed by atoms with Gasteiger partial charge in [-0.1, -0.05) is 39.8 Å². The van der Waals surface area contributed by atoms with Gasteiger partial charge in [-0.05, 0) is 35.9 Å². The summed E-state index contributed by atoms with van der Waals surface area (Å²) in [6.45, 7) is 9.56. The molecular weight excluding hydrogens is 210 g/mol. The molecule has 1 rings (SSSR count). The van der Waals surface area contributed by atoms with Crippen LogP contribution < -0.4 is 10.5 Å². The maximum atomic E-state index is 5.70. The summed E-state index contributed by atoms with van der Waals surface area (Å²) in [4.78, 5) is 0. The Bertz CT molecular complexity index is 369. The highest BCUT2D eigenvalue weighted by molar-refractivity contribution is 5.42. The molecule has 0 atom stereocenters. The van der Waals surface area contributed by atoms with E-state index in [1.165, 1.54) is 11.1 Å². The summed E-state index contributed by atoms with van der Waals surface area (Å²) in [5.74, 6) is 1.50. The van der Waals surface area contributed by atoms with Crippen LogP contribution in [0.3, 0.4) is 0 Å². The number of rotatable bonds is 5. The molecule has 1 aromatic rings. The second-order valence-corrected chi connectivity index (χ2v) is 5.54. The van der Waals surface area contributed by atoms with E-state index in [4.69, 9.17) is 10.5 Å². The van der Waals surface area contributed by atoms with Gasteiger partial charge in [0.25, 0.3) is 0 Å². The smallest absolute Gasteiger partial charge is 0.122 e. The molecule has 0 fully saturated rings. The molecule has 1 aromatic carbocycles. The Morgan fingerprint density at radius 2 is 1.94 bits per heavy atom. The zero-order chi connectivity index (χ0) is 13.1. The van der Waals surface area contributed by atoms with Crippen molar-refractivity contribution in [3.05, 3.63) is 29.3 Å². The minimum absolute atomic E-state index is 0.0605. The Hall–Kier alpha value is -1.02. The van der Waals surface area contributed by atoms with Crippen molar-refractivity contribution >= 4 is 0 Å². The van der Waals surface area contributed by atoms with Crippen molar-refractivity contribution in [2.75, 3.05) is 13.7 Å². The van der Waals surface area contributed by atoms with Crippen molar-refractivity contribution in [2.24, 2.45) is 5.73 Å². The molecule has 0 aliphatic carbocycles. The predicted octanol–water partition coefficient (Wildman–Crippen LogP) is 3.45. The van der Waals surface area contributed by atoms with Crippen LogP contribution in [0.15, 0.2) is 18.2 Å². The normalized spacial score (nSPS) is 11.9. The Kier molecular flexibility index (Phi) is 4.58. The van der Waals surface area contributed by atoms with Crippen LogP contribution >= 0.6 is 0 Å². The molecule has 0 saturated heterocycles. The Balaban J connectivity index is 3.22. The van der Waals surface area contributed by atoms with Crippen LogP contribution in [0, 0.1) is 0 Å². The summed E-state index contributed by atoms with van der Waals surface area (Å²) in [6, 6.07) is 6.48. The first-order chi connectivity index (χ1) is 7.92. The first kappa shape index (κ1) is 14.0. The standard InChI is InChI=1S/C15H25NO/c1-11(2)12-6-7-14(17-5)13(10-12)15(3,4)8-9-16/h6-7,10-11H,8-9,16H2,1-5H3. The van der Waals surface area contributed by atoms with Crippen LogP contribution in [0.5, 0.6) is 5.75 Å². The fourth-order valence-electron chi connectivity index (χ4n) is 2.11. The zero-order valence-corrected chi connectivity index (χ0v) is 11.7. The van der Waals surface area contributed by atoms with Crippen molar-refractivity contribution in [2.45, 2.75) is 45.4 Å². The van der Waals surface area contributed by atoms with Crippen molar-refractivity contribution in [3.63, 3.8) is 0 Å². The fraction of sp³-hybridized carbons (Fsp3) is 0.600. The molecular formula is C15H25NO. The first-order valence-corrected chi connectivity index (χ1v) is 6.31. The summed E-state index contributed by atoms with van der Waals surface area (Å²) in [6.07, 6.45) is 0.963. The lowest BCUT2D eigenvalue weighted by atomic mass is 9.79. The Morgan fingerprint density at radius 1 is 1.29 bits per heavy atom. The van der Waals surface area contributed by atoms with Crippen molar-refractivity contribution in [1.82, 2.24) is 0 Å². The molecule has 0 aromatic heterocycles. The highest BCUT2D eigenvalue weighted by Crippen LogP contribution is 2.35. The molecule has 0 radical (unpaired) electrons. The summed E-state index contributed by atoms with van der Waals surface area (Å²) < 4.78 is 5.47. The van der Waals surface area contributed by atoms with Gasteiger partial charge >= 0.3 is 0 Å². The van der Waals surface area contributed by atoms with Crippen molar-refractivity contribution in [3.8, 4) is 5.75 Å². The van der Waals surface area contributed by atoms with Gasteiger partial charge in [0.1, 0.15) is 5.75 Å². The molecule has 2 heteroatoms. The van der Waals surface area contributed by atoms with E-state index in [0.717, 1.165) is 12.2 Å². The number of benzene rings is 1. The van der Waals surface area contributed by atoms with Gasteiger partial charge in [-0.2, -0.15) is 0 Å². The van der Waals surface area contributed by atoms with E-state index in [0.29, 0.717) is 12.5 Å². The van der Waals surface area contributed by atoms with Gasteiger partial charge in [0, 0.05) is 5.56 Å². The zero-order valence-electron chi connectivity index (χ0n) is 11.7. The van der Waals surface area contributed by atoms with E-state index in [2.05, 4.69) is 45.9 Å². The van der Waals surface area contributed by atoms with Crippen LogP contribution in [-0.2, 0) is 5.41 Å². The SMILES string of the molecule is COc1ccc(C(C)C)cc1C(C)(C)CCN. The quantitative estimate of drug-likeness (QED) is 0.848. The van der Waals surface area contributed by atoms with Gasteiger partial charge in [0.05, 0.1) is 7.11 Å². The van der Waals surface area contributed by atoms with E-state index in [1.54, 1.807) is 7.11 Å².